The number of furan rings is 1. The lowest BCUT2D eigenvalue weighted by molar-refractivity contribution is -0.123. The molecule has 0 saturated heterocycles. The van der Waals surface area contributed by atoms with Crippen LogP contribution in [-0.2, 0) is 6.54 Å². The molecule has 5 rings (SSSR count). The van der Waals surface area contributed by atoms with Crippen LogP contribution in [0.3, 0.4) is 0 Å². The number of para-hydroxylation sites is 1. The number of amides is 3. The number of aliphatic hydroxyl groups is 1. The standard InChI is InChI=1S/C30H29F3N4O4/c1-17(2)35-29(40)37-15-21-13-22(28(39)34-16-30(31,32)33)36-27(26(21)23(37)10-11-38)20-8-5-7-18(12-20)25-14-19-6-3-4-9-24(19)41-25/h3-9,12-14,17,23,38H,10-11,15-16H2,1-2H3,(H,34,39)(H,35,40)/t23-/m1/s1. The van der Waals surface area contributed by atoms with Crippen molar-refractivity contribution < 1.29 is 32.3 Å². The van der Waals surface area contributed by atoms with E-state index < -0.39 is 24.7 Å². The fourth-order valence-electron chi connectivity index (χ4n) is 5.08. The summed E-state index contributed by atoms with van der Waals surface area (Å²) < 4.78 is 44.5. The van der Waals surface area contributed by atoms with E-state index in [1.807, 2.05) is 61.6 Å². The summed E-state index contributed by atoms with van der Waals surface area (Å²) in [6, 6.07) is 17.1. The molecule has 3 amide bonds. The van der Waals surface area contributed by atoms with E-state index in [0.717, 1.165) is 10.9 Å². The molecule has 0 fully saturated rings. The van der Waals surface area contributed by atoms with Crippen LogP contribution in [0.25, 0.3) is 33.6 Å². The maximum atomic E-state index is 13.1. The highest BCUT2D eigenvalue weighted by Crippen LogP contribution is 2.42. The summed E-state index contributed by atoms with van der Waals surface area (Å²) in [5, 5.41) is 15.5. The number of nitrogens with zero attached hydrogens (tertiary/aromatic N) is 2. The zero-order chi connectivity index (χ0) is 29.3. The fourth-order valence-corrected chi connectivity index (χ4v) is 5.08. The van der Waals surface area contributed by atoms with Crippen molar-refractivity contribution in [2.45, 2.75) is 45.1 Å². The normalized spacial score (nSPS) is 14.9. The average molecular weight is 567 g/mol. The number of fused-ring (bicyclic) bond motifs is 2. The number of rotatable bonds is 7. The number of hydrogen-bond donors (Lipinski definition) is 3. The number of pyridine rings is 1. The van der Waals surface area contributed by atoms with Gasteiger partial charge in [-0.25, -0.2) is 9.78 Å². The molecular formula is C30H29F3N4O4. The van der Waals surface area contributed by atoms with Gasteiger partial charge in [0.1, 0.15) is 23.6 Å². The Labute approximate surface area is 234 Å². The molecule has 1 aliphatic rings. The fraction of sp³-hybridized carbons (Fsp3) is 0.300. The Bertz CT molecular complexity index is 1570. The third-order valence-corrected chi connectivity index (χ3v) is 6.80. The van der Waals surface area contributed by atoms with Crippen molar-refractivity contribution in [2.24, 2.45) is 0 Å². The maximum Gasteiger partial charge on any atom is 0.405 e. The molecule has 1 atom stereocenters. The minimum absolute atomic E-state index is 0.0941. The van der Waals surface area contributed by atoms with Gasteiger partial charge in [-0.2, -0.15) is 13.2 Å². The minimum Gasteiger partial charge on any atom is -0.456 e. The molecule has 4 aromatic rings. The predicted octanol–water partition coefficient (Wildman–Crippen LogP) is 5.81. The molecule has 41 heavy (non-hydrogen) atoms. The van der Waals surface area contributed by atoms with E-state index in [0.29, 0.717) is 33.7 Å². The van der Waals surface area contributed by atoms with E-state index in [9.17, 15) is 27.9 Å². The van der Waals surface area contributed by atoms with Crippen LogP contribution < -0.4 is 10.6 Å². The van der Waals surface area contributed by atoms with Crippen molar-refractivity contribution >= 4 is 22.9 Å². The van der Waals surface area contributed by atoms with Crippen LogP contribution in [-0.4, -0.2) is 52.3 Å². The summed E-state index contributed by atoms with van der Waals surface area (Å²) in [6.07, 6.45) is -4.38. The largest absolute Gasteiger partial charge is 0.456 e. The molecule has 0 radical (unpaired) electrons. The number of carbonyl (C=O) groups excluding carboxylic acids is 2. The number of hydrogen-bond acceptors (Lipinski definition) is 5. The van der Waals surface area contributed by atoms with Gasteiger partial charge in [-0.05, 0) is 50.1 Å². The quantitative estimate of drug-likeness (QED) is 0.262. The van der Waals surface area contributed by atoms with Crippen molar-refractivity contribution in [3.8, 4) is 22.6 Å². The third kappa shape index (κ3) is 6.04. The molecule has 3 heterocycles. The van der Waals surface area contributed by atoms with Gasteiger partial charge in [0.05, 0.1) is 11.7 Å². The van der Waals surface area contributed by atoms with Crippen LogP contribution in [0.5, 0.6) is 0 Å². The number of benzene rings is 2. The number of urea groups is 1. The molecule has 0 saturated carbocycles. The zero-order valence-electron chi connectivity index (χ0n) is 22.5. The third-order valence-electron chi connectivity index (χ3n) is 6.80. The maximum absolute atomic E-state index is 13.1. The lowest BCUT2D eigenvalue weighted by Crippen LogP contribution is -2.42. The Balaban J connectivity index is 1.62. The molecule has 0 aliphatic carbocycles. The van der Waals surface area contributed by atoms with Crippen LogP contribution in [0.4, 0.5) is 18.0 Å². The Morgan fingerprint density at radius 1 is 1.10 bits per heavy atom. The first kappa shape index (κ1) is 28.2. The van der Waals surface area contributed by atoms with Crippen molar-refractivity contribution in [3.05, 3.63) is 77.5 Å². The molecular weight excluding hydrogens is 537 g/mol. The summed E-state index contributed by atoms with van der Waals surface area (Å²) in [7, 11) is 0. The van der Waals surface area contributed by atoms with Gasteiger partial charge in [-0.15, -0.1) is 0 Å². The monoisotopic (exact) mass is 566 g/mol. The topological polar surface area (TPSA) is 108 Å². The van der Waals surface area contributed by atoms with Crippen molar-refractivity contribution in [1.29, 1.82) is 0 Å². The highest BCUT2D eigenvalue weighted by Gasteiger charge is 2.37. The lowest BCUT2D eigenvalue weighted by atomic mass is 9.94. The Morgan fingerprint density at radius 2 is 1.85 bits per heavy atom. The highest BCUT2D eigenvalue weighted by molar-refractivity contribution is 5.94. The van der Waals surface area contributed by atoms with Gasteiger partial charge >= 0.3 is 12.2 Å². The number of aliphatic hydroxyl groups excluding tert-OH is 1. The first-order valence-electron chi connectivity index (χ1n) is 13.2. The second-order valence-corrected chi connectivity index (χ2v) is 10.2. The van der Waals surface area contributed by atoms with Gasteiger partial charge in [0.15, 0.2) is 0 Å². The van der Waals surface area contributed by atoms with Crippen molar-refractivity contribution in [3.63, 3.8) is 0 Å². The summed E-state index contributed by atoms with van der Waals surface area (Å²) in [5.41, 5.74) is 3.36. The van der Waals surface area contributed by atoms with Gasteiger partial charge in [0.25, 0.3) is 5.91 Å². The smallest absolute Gasteiger partial charge is 0.405 e. The van der Waals surface area contributed by atoms with E-state index in [-0.39, 0.29) is 37.3 Å². The molecule has 3 N–H and O–H groups in total. The average Bonchev–Trinajstić information content (AvgIpc) is 3.53. The number of nitrogens with one attached hydrogen (secondary N) is 2. The van der Waals surface area contributed by atoms with Crippen LogP contribution in [0, 0.1) is 0 Å². The van der Waals surface area contributed by atoms with E-state index in [4.69, 9.17) is 4.42 Å². The van der Waals surface area contributed by atoms with Crippen LogP contribution in [0.1, 0.15) is 47.9 Å². The molecule has 0 spiro atoms. The SMILES string of the molecule is CC(C)NC(=O)N1Cc2cc(C(=O)NCC(F)(F)F)nc(-c3cccc(-c4cc5ccccc5o4)c3)c2[C@H]1CCO. The van der Waals surface area contributed by atoms with Crippen LogP contribution in [0.15, 0.2) is 65.1 Å². The van der Waals surface area contributed by atoms with Gasteiger partial charge in [0, 0.05) is 41.3 Å². The van der Waals surface area contributed by atoms with Crippen LogP contribution in [0.2, 0.25) is 0 Å². The summed E-state index contributed by atoms with van der Waals surface area (Å²) in [6.45, 7) is 2.01. The Kier molecular flexibility index (Phi) is 7.72. The molecule has 11 heteroatoms. The van der Waals surface area contributed by atoms with Crippen molar-refractivity contribution in [2.75, 3.05) is 13.2 Å². The Hall–Kier alpha value is -4.38. The number of carbonyl (C=O) groups is 2. The van der Waals surface area contributed by atoms with E-state index in [2.05, 4.69) is 10.3 Å². The molecule has 0 bridgehead atoms. The zero-order valence-corrected chi connectivity index (χ0v) is 22.5. The Morgan fingerprint density at radius 3 is 2.56 bits per heavy atom. The minimum atomic E-state index is -4.59. The summed E-state index contributed by atoms with van der Waals surface area (Å²) >= 11 is 0. The van der Waals surface area contributed by atoms with E-state index >= 15 is 0 Å². The van der Waals surface area contributed by atoms with Crippen molar-refractivity contribution in [1.82, 2.24) is 20.5 Å². The molecule has 2 aromatic heterocycles. The lowest BCUT2D eigenvalue weighted by Gasteiger charge is -2.26. The first-order chi connectivity index (χ1) is 19.5. The summed E-state index contributed by atoms with van der Waals surface area (Å²) in [4.78, 5) is 32.0. The van der Waals surface area contributed by atoms with Gasteiger partial charge < -0.3 is 25.1 Å². The molecule has 214 valence electrons. The second kappa shape index (κ2) is 11.2. The number of alkyl halides is 3. The first-order valence-corrected chi connectivity index (χ1v) is 13.2. The number of aromatic nitrogens is 1. The molecule has 8 nitrogen and oxygen atoms in total. The van der Waals surface area contributed by atoms with E-state index in [1.54, 1.807) is 17.0 Å². The summed E-state index contributed by atoms with van der Waals surface area (Å²) in [5.74, 6) is -0.378. The number of halogens is 3. The molecule has 1 aliphatic heterocycles. The van der Waals surface area contributed by atoms with Crippen LogP contribution >= 0.6 is 0 Å². The van der Waals surface area contributed by atoms with Gasteiger partial charge in [0.2, 0.25) is 0 Å². The molecule has 0 unspecified atom stereocenters. The predicted molar refractivity (Wildman–Crippen MR) is 147 cm³/mol. The van der Waals surface area contributed by atoms with E-state index in [1.165, 1.54) is 6.07 Å². The van der Waals surface area contributed by atoms with Gasteiger partial charge in [-0.3, -0.25) is 4.79 Å². The second-order valence-electron chi connectivity index (χ2n) is 10.2. The van der Waals surface area contributed by atoms with Gasteiger partial charge in [-0.1, -0.05) is 36.4 Å². The highest BCUT2D eigenvalue weighted by atomic mass is 19.4. The molecule has 2 aromatic carbocycles.